The van der Waals surface area contributed by atoms with Gasteiger partial charge in [0.05, 0.1) is 0 Å². The lowest BCUT2D eigenvalue weighted by molar-refractivity contribution is -0.115. The van der Waals surface area contributed by atoms with Crippen LogP contribution in [0.2, 0.25) is 0 Å². The molecule has 3 nitrogen and oxygen atoms in total. The quantitative estimate of drug-likeness (QED) is 0.673. The number of carbonyl (C=O) groups is 1. The Labute approximate surface area is 129 Å². The minimum absolute atomic E-state index is 0.246. The molecule has 4 heteroatoms. The normalized spacial score (nSPS) is 10.3. The molecule has 0 bridgehead atoms. The van der Waals surface area contributed by atoms with Gasteiger partial charge in [-0.15, -0.1) is 0 Å². The summed E-state index contributed by atoms with van der Waals surface area (Å²) in [5, 5.41) is 5.93. The van der Waals surface area contributed by atoms with Gasteiger partial charge in [0.2, 0.25) is 5.91 Å². The zero-order chi connectivity index (χ0) is 14.9. The highest BCUT2D eigenvalue weighted by molar-refractivity contribution is 7.80. The van der Waals surface area contributed by atoms with Crippen molar-refractivity contribution >= 4 is 29.3 Å². The summed E-state index contributed by atoms with van der Waals surface area (Å²) in [5.74, 6) is -0.246. The molecule has 21 heavy (non-hydrogen) atoms. The van der Waals surface area contributed by atoms with Gasteiger partial charge >= 0.3 is 0 Å². The Morgan fingerprint density at radius 1 is 1.00 bits per heavy atom. The van der Waals surface area contributed by atoms with Gasteiger partial charge in [-0.3, -0.25) is 10.1 Å². The molecule has 2 aromatic rings. The average Bonchev–Trinajstić information content (AvgIpc) is 2.53. The SMILES string of the molecule is O=C(C=Cc1ccccc1)NC(=S)NCc1ccccc1. The van der Waals surface area contributed by atoms with E-state index in [2.05, 4.69) is 10.6 Å². The number of amides is 1. The number of nitrogens with one attached hydrogen (secondary N) is 2. The molecule has 0 unspecified atom stereocenters. The Hall–Kier alpha value is -2.46. The number of benzene rings is 2. The van der Waals surface area contributed by atoms with Crippen LogP contribution in [-0.2, 0) is 11.3 Å². The molecule has 0 atom stereocenters. The minimum atomic E-state index is -0.246. The molecule has 0 spiro atoms. The van der Waals surface area contributed by atoms with Gasteiger partial charge in [-0.2, -0.15) is 0 Å². The van der Waals surface area contributed by atoms with Crippen LogP contribution >= 0.6 is 12.2 Å². The van der Waals surface area contributed by atoms with Gasteiger partial charge in [0.25, 0.3) is 0 Å². The number of hydrogen-bond donors (Lipinski definition) is 2. The monoisotopic (exact) mass is 296 g/mol. The lowest BCUT2D eigenvalue weighted by Gasteiger charge is -2.07. The first kappa shape index (κ1) is 14.9. The van der Waals surface area contributed by atoms with Crippen molar-refractivity contribution in [2.75, 3.05) is 0 Å². The maximum atomic E-state index is 11.7. The van der Waals surface area contributed by atoms with Crippen molar-refractivity contribution in [1.82, 2.24) is 10.6 Å². The third-order valence-electron chi connectivity index (χ3n) is 2.76. The van der Waals surface area contributed by atoms with Crippen LogP contribution in [0.15, 0.2) is 66.7 Å². The second-order valence-corrected chi connectivity index (χ2v) is 4.81. The number of carbonyl (C=O) groups excluding carboxylic acids is 1. The Balaban J connectivity index is 1.77. The summed E-state index contributed by atoms with van der Waals surface area (Å²) in [4.78, 5) is 11.7. The minimum Gasteiger partial charge on any atom is -0.358 e. The van der Waals surface area contributed by atoms with E-state index in [0.29, 0.717) is 11.7 Å². The molecule has 2 rings (SSSR count). The van der Waals surface area contributed by atoms with Gasteiger partial charge in [0, 0.05) is 12.6 Å². The fourth-order valence-corrected chi connectivity index (χ4v) is 1.88. The summed E-state index contributed by atoms with van der Waals surface area (Å²) < 4.78 is 0. The molecular formula is C17H16N2OS. The van der Waals surface area contributed by atoms with Gasteiger partial charge in [-0.25, -0.2) is 0 Å². The molecule has 0 aromatic heterocycles. The molecule has 0 saturated heterocycles. The van der Waals surface area contributed by atoms with Crippen LogP contribution in [0.25, 0.3) is 6.08 Å². The highest BCUT2D eigenvalue weighted by Gasteiger charge is 2.00. The molecule has 2 N–H and O–H groups in total. The van der Waals surface area contributed by atoms with Crippen molar-refractivity contribution < 1.29 is 4.79 Å². The predicted molar refractivity (Wildman–Crippen MR) is 89.5 cm³/mol. The van der Waals surface area contributed by atoms with Crippen LogP contribution < -0.4 is 10.6 Å². The van der Waals surface area contributed by atoms with E-state index in [1.165, 1.54) is 6.08 Å². The smallest absolute Gasteiger partial charge is 0.250 e. The maximum Gasteiger partial charge on any atom is 0.250 e. The number of hydrogen-bond acceptors (Lipinski definition) is 2. The standard InChI is InChI=1S/C17H16N2OS/c20-16(12-11-14-7-3-1-4-8-14)19-17(21)18-13-15-9-5-2-6-10-15/h1-12H,13H2,(H2,18,19,20,21). The summed E-state index contributed by atoms with van der Waals surface area (Å²) in [5.41, 5.74) is 2.07. The lowest BCUT2D eigenvalue weighted by atomic mass is 10.2. The van der Waals surface area contributed by atoms with Gasteiger partial charge in [0.1, 0.15) is 0 Å². The summed E-state index contributed by atoms with van der Waals surface area (Å²) in [6.45, 7) is 0.586. The fourth-order valence-electron chi connectivity index (χ4n) is 1.71. The third kappa shape index (κ3) is 5.58. The fraction of sp³-hybridized carbons (Fsp3) is 0.0588. The van der Waals surface area contributed by atoms with E-state index in [9.17, 15) is 4.79 Å². The average molecular weight is 296 g/mol. The van der Waals surface area contributed by atoms with Crippen molar-refractivity contribution in [3.8, 4) is 0 Å². The highest BCUT2D eigenvalue weighted by atomic mass is 32.1. The molecule has 1 amide bonds. The van der Waals surface area contributed by atoms with Crippen LogP contribution in [-0.4, -0.2) is 11.0 Å². The second-order valence-electron chi connectivity index (χ2n) is 4.40. The number of thiocarbonyl (C=S) groups is 1. The van der Waals surface area contributed by atoms with Crippen LogP contribution in [0.5, 0.6) is 0 Å². The van der Waals surface area contributed by atoms with Crippen molar-refractivity contribution in [2.45, 2.75) is 6.54 Å². The Morgan fingerprint density at radius 2 is 1.62 bits per heavy atom. The van der Waals surface area contributed by atoms with Gasteiger partial charge in [-0.1, -0.05) is 60.7 Å². The molecule has 0 saturated carbocycles. The second kappa shape index (κ2) is 7.97. The van der Waals surface area contributed by atoms with E-state index in [0.717, 1.165) is 11.1 Å². The van der Waals surface area contributed by atoms with Crippen LogP contribution in [0.3, 0.4) is 0 Å². The number of rotatable bonds is 4. The lowest BCUT2D eigenvalue weighted by Crippen LogP contribution is -2.37. The molecule has 0 heterocycles. The molecule has 0 aliphatic carbocycles. The first-order valence-corrected chi connectivity index (χ1v) is 7.01. The van der Waals surface area contributed by atoms with E-state index in [-0.39, 0.29) is 5.91 Å². The van der Waals surface area contributed by atoms with Crippen molar-refractivity contribution in [3.63, 3.8) is 0 Å². The largest absolute Gasteiger partial charge is 0.358 e. The molecule has 0 aliphatic rings. The molecule has 0 fully saturated rings. The first-order valence-electron chi connectivity index (χ1n) is 6.60. The van der Waals surface area contributed by atoms with E-state index in [1.54, 1.807) is 6.08 Å². The molecular weight excluding hydrogens is 280 g/mol. The Bertz CT molecular complexity index is 624. The van der Waals surface area contributed by atoms with Crippen LogP contribution in [0.1, 0.15) is 11.1 Å². The molecule has 0 aliphatic heterocycles. The Morgan fingerprint density at radius 3 is 2.29 bits per heavy atom. The van der Waals surface area contributed by atoms with Crippen molar-refractivity contribution in [3.05, 3.63) is 77.9 Å². The summed E-state index contributed by atoms with van der Waals surface area (Å²) in [6, 6.07) is 19.5. The van der Waals surface area contributed by atoms with E-state index >= 15 is 0 Å². The topological polar surface area (TPSA) is 41.1 Å². The predicted octanol–water partition coefficient (Wildman–Crippen LogP) is 2.89. The van der Waals surface area contributed by atoms with Gasteiger partial charge < -0.3 is 5.32 Å². The molecule has 2 aromatic carbocycles. The maximum absolute atomic E-state index is 11.7. The van der Waals surface area contributed by atoms with Gasteiger partial charge in [-0.05, 0) is 29.4 Å². The van der Waals surface area contributed by atoms with E-state index in [4.69, 9.17) is 12.2 Å². The first-order chi connectivity index (χ1) is 10.2. The van der Waals surface area contributed by atoms with Gasteiger partial charge in [0.15, 0.2) is 5.11 Å². The third-order valence-corrected chi connectivity index (χ3v) is 3.01. The highest BCUT2D eigenvalue weighted by Crippen LogP contribution is 2.00. The molecule has 106 valence electrons. The molecule has 0 radical (unpaired) electrons. The van der Waals surface area contributed by atoms with Crippen molar-refractivity contribution in [1.29, 1.82) is 0 Å². The zero-order valence-electron chi connectivity index (χ0n) is 11.5. The zero-order valence-corrected chi connectivity index (χ0v) is 12.3. The van der Waals surface area contributed by atoms with Crippen LogP contribution in [0, 0.1) is 0 Å². The summed E-state index contributed by atoms with van der Waals surface area (Å²) in [6.07, 6.45) is 3.21. The summed E-state index contributed by atoms with van der Waals surface area (Å²) in [7, 11) is 0. The Kier molecular flexibility index (Phi) is 5.67. The van der Waals surface area contributed by atoms with E-state index < -0.39 is 0 Å². The van der Waals surface area contributed by atoms with Crippen molar-refractivity contribution in [2.24, 2.45) is 0 Å². The van der Waals surface area contributed by atoms with Crippen LogP contribution in [0.4, 0.5) is 0 Å². The van der Waals surface area contributed by atoms with E-state index in [1.807, 2.05) is 60.7 Å². The summed E-state index contributed by atoms with van der Waals surface area (Å²) >= 11 is 5.08.